The van der Waals surface area contributed by atoms with Crippen molar-refractivity contribution in [2.24, 2.45) is 0 Å². The maximum Gasteiger partial charge on any atom is 0.178 e. The fourth-order valence-corrected chi connectivity index (χ4v) is 3.49. The first-order chi connectivity index (χ1) is 10.4. The zero-order valence-electron chi connectivity index (χ0n) is 13.7. The number of benzene rings is 1. The Morgan fingerprint density at radius 1 is 1.14 bits per heavy atom. The van der Waals surface area contributed by atoms with Gasteiger partial charge in [-0.1, -0.05) is 6.92 Å². The third-order valence-electron chi connectivity index (χ3n) is 4.36. The number of piperazine rings is 1. The van der Waals surface area contributed by atoms with Gasteiger partial charge in [-0.2, -0.15) is 0 Å². The molecule has 1 heterocycles. The molecule has 0 aliphatic carbocycles. The summed E-state index contributed by atoms with van der Waals surface area (Å²) in [5, 5.41) is 3.40. The summed E-state index contributed by atoms with van der Waals surface area (Å²) in [7, 11) is -0.950. The molecule has 0 bridgehead atoms. The normalized spacial score (nSPS) is 19.0. The summed E-state index contributed by atoms with van der Waals surface area (Å²) in [5.74, 6) is 0.139. The molecule has 22 heavy (non-hydrogen) atoms. The second-order valence-corrected chi connectivity index (χ2v) is 8.28. The van der Waals surface area contributed by atoms with Crippen LogP contribution in [-0.2, 0) is 9.84 Å². The molecule has 1 N–H and O–H groups in total. The molecule has 1 aliphatic heterocycles. The van der Waals surface area contributed by atoms with Gasteiger partial charge >= 0.3 is 0 Å². The van der Waals surface area contributed by atoms with Crippen molar-refractivity contribution in [1.82, 2.24) is 9.80 Å². The average molecular weight is 325 g/mol. The van der Waals surface area contributed by atoms with E-state index in [0.717, 1.165) is 38.4 Å². The molecule has 0 saturated carbocycles. The molecule has 0 radical (unpaired) electrons. The van der Waals surface area contributed by atoms with E-state index < -0.39 is 9.84 Å². The lowest BCUT2D eigenvalue weighted by atomic mass is 10.2. The molecule has 1 aliphatic rings. The fraction of sp³-hybridized carbons (Fsp3) is 0.625. The van der Waals surface area contributed by atoms with Crippen LogP contribution in [0.2, 0.25) is 0 Å². The first-order valence-corrected chi connectivity index (χ1v) is 9.57. The van der Waals surface area contributed by atoms with Crippen LogP contribution in [0, 0.1) is 0 Å². The number of likely N-dealkylation sites (N-methyl/N-ethyl adjacent to an activating group) is 1. The van der Waals surface area contributed by atoms with E-state index in [0.29, 0.717) is 10.9 Å². The molecule has 1 aromatic rings. The molecule has 0 aromatic heterocycles. The third-order valence-corrected chi connectivity index (χ3v) is 6.11. The fourth-order valence-electron chi connectivity index (χ4n) is 2.60. The smallest absolute Gasteiger partial charge is 0.178 e. The Morgan fingerprint density at radius 3 is 2.27 bits per heavy atom. The van der Waals surface area contributed by atoms with Crippen LogP contribution >= 0.6 is 0 Å². The first-order valence-electron chi connectivity index (χ1n) is 7.91. The highest BCUT2D eigenvalue weighted by atomic mass is 32.2. The van der Waals surface area contributed by atoms with E-state index in [4.69, 9.17) is 0 Å². The Morgan fingerprint density at radius 2 is 1.73 bits per heavy atom. The molecule has 1 saturated heterocycles. The number of nitrogens with one attached hydrogen (secondary N) is 1. The number of rotatable bonds is 6. The van der Waals surface area contributed by atoms with Crippen molar-refractivity contribution in [1.29, 1.82) is 0 Å². The highest BCUT2D eigenvalue weighted by molar-refractivity contribution is 7.91. The second-order valence-electron chi connectivity index (χ2n) is 6.00. The molecular weight excluding hydrogens is 298 g/mol. The molecule has 1 fully saturated rings. The van der Waals surface area contributed by atoms with Crippen LogP contribution in [0.15, 0.2) is 29.2 Å². The van der Waals surface area contributed by atoms with Crippen LogP contribution in [-0.4, -0.2) is 69.8 Å². The van der Waals surface area contributed by atoms with E-state index in [9.17, 15) is 8.42 Å². The Labute approximate surface area is 134 Å². The predicted molar refractivity (Wildman–Crippen MR) is 91.2 cm³/mol. The number of hydrogen-bond acceptors (Lipinski definition) is 5. The van der Waals surface area contributed by atoms with Gasteiger partial charge in [0.05, 0.1) is 10.6 Å². The first kappa shape index (κ1) is 17.2. The third kappa shape index (κ3) is 4.44. The maximum absolute atomic E-state index is 11.8. The number of hydrogen-bond donors (Lipinski definition) is 1. The number of nitrogens with zero attached hydrogens (tertiary/aromatic N) is 2. The lowest BCUT2D eigenvalue weighted by molar-refractivity contribution is 0.123. The SMILES string of the molecule is CCS(=O)(=O)c1ccc(NC[C@H](C)N2CCN(C)CC2)cc1. The molecule has 0 unspecified atom stereocenters. The van der Waals surface area contributed by atoms with Crippen molar-refractivity contribution in [3.63, 3.8) is 0 Å². The summed E-state index contributed by atoms with van der Waals surface area (Å²) in [6.07, 6.45) is 0. The van der Waals surface area contributed by atoms with E-state index in [2.05, 4.69) is 29.1 Å². The summed E-state index contributed by atoms with van der Waals surface area (Å²) in [5.41, 5.74) is 0.969. The minimum absolute atomic E-state index is 0.139. The van der Waals surface area contributed by atoms with Gasteiger partial charge in [0, 0.05) is 44.5 Å². The minimum Gasteiger partial charge on any atom is -0.383 e. The Hall–Kier alpha value is -1.11. The predicted octanol–water partition coefficient (Wildman–Crippen LogP) is 1.53. The van der Waals surface area contributed by atoms with E-state index in [-0.39, 0.29) is 5.75 Å². The monoisotopic (exact) mass is 325 g/mol. The highest BCUT2D eigenvalue weighted by Gasteiger charge is 2.18. The standard InChI is InChI=1S/C16H27N3O2S/c1-4-22(20,21)16-7-5-15(6-8-16)17-13-14(2)19-11-9-18(3)10-12-19/h5-8,14,17H,4,9-13H2,1-3H3/t14-/m0/s1. The lowest BCUT2D eigenvalue weighted by Gasteiger charge is -2.36. The van der Waals surface area contributed by atoms with E-state index >= 15 is 0 Å². The van der Waals surface area contributed by atoms with Gasteiger partial charge in [-0.3, -0.25) is 4.90 Å². The van der Waals surface area contributed by atoms with Gasteiger partial charge in [-0.05, 0) is 38.2 Å². The summed E-state index contributed by atoms with van der Waals surface area (Å²) >= 11 is 0. The van der Waals surface area contributed by atoms with E-state index in [1.54, 1.807) is 19.1 Å². The van der Waals surface area contributed by atoms with Crippen molar-refractivity contribution >= 4 is 15.5 Å². The molecule has 1 atom stereocenters. The van der Waals surface area contributed by atoms with Crippen molar-refractivity contribution in [3.8, 4) is 0 Å². The molecule has 2 rings (SSSR count). The molecular formula is C16H27N3O2S. The number of anilines is 1. The van der Waals surface area contributed by atoms with Crippen LogP contribution in [0.5, 0.6) is 0 Å². The van der Waals surface area contributed by atoms with Gasteiger partial charge in [0.1, 0.15) is 0 Å². The van der Waals surface area contributed by atoms with E-state index in [1.807, 2.05) is 12.1 Å². The van der Waals surface area contributed by atoms with Crippen LogP contribution in [0.4, 0.5) is 5.69 Å². The summed E-state index contributed by atoms with van der Waals surface area (Å²) in [4.78, 5) is 5.24. The van der Waals surface area contributed by atoms with E-state index in [1.165, 1.54) is 0 Å². The summed E-state index contributed by atoms with van der Waals surface area (Å²) in [6.45, 7) is 9.21. The van der Waals surface area contributed by atoms with Crippen LogP contribution < -0.4 is 5.32 Å². The molecule has 124 valence electrons. The molecule has 1 aromatic carbocycles. The highest BCUT2D eigenvalue weighted by Crippen LogP contribution is 2.15. The lowest BCUT2D eigenvalue weighted by Crippen LogP contribution is -2.49. The minimum atomic E-state index is -3.11. The Balaban J connectivity index is 1.86. The van der Waals surface area contributed by atoms with Gasteiger partial charge in [-0.15, -0.1) is 0 Å². The topological polar surface area (TPSA) is 52.7 Å². The Kier molecular flexibility index (Phi) is 5.83. The summed E-state index contributed by atoms with van der Waals surface area (Å²) < 4.78 is 23.6. The zero-order valence-corrected chi connectivity index (χ0v) is 14.6. The van der Waals surface area contributed by atoms with Gasteiger partial charge in [-0.25, -0.2) is 8.42 Å². The zero-order chi connectivity index (χ0) is 16.2. The Bertz CT molecular complexity index is 564. The van der Waals surface area contributed by atoms with Gasteiger partial charge in [0.15, 0.2) is 9.84 Å². The van der Waals surface area contributed by atoms with Gasteiger partial charge in [0.25, 0.3) is 0 Å². The molecule has 0 spiro atoms. The van der Waals surface area contributed by atoms with Crippen molar-refractivity contribution in [2.45, 2.75) is 24.8 Å². The van der Waals surface area contributed by atoms with Crippen LogP contribution in [0.25, 0.3) is 0 Å². The quantitative estimate of drug-likeness (QED) is 0.859. The largest absolute Gasteiger partial charge is 0.383 e. The molecule has 6 heteroatoms. The average Bonchev–Trinajstić information content (AvgIpc) is 2.53. The van der Waals surface area contributed by atoms with Crippen molar-refractivity contribution in [2.75, 3.05) is 50.8 Å². The number of sulfone groups is 1. The van der Waals surface area contributed by atoms with Crippen molar-refractivity contribution in [3.05, 3.63) is 24.3 Å². The van der Waals surface area contributed by atoms with Gasteiger partial charge in [0.2, 0.25) is 0 Å². The summed E-state index contributed by atoms with van der Waals surface area (Å²) in [6, 6.07) is 7.52. The van der Waals surface area contributed by atoms with Crippen LogP contribution in [0.3, 0.4) is 0 Å². The molecule has 0 amide bonds. The maximum atomic E-state index is 11.8. The van der Waals surface area contributed by atoms with Gasteiger partial charge < -0.3 is 10.2 Å². The van der Waals surface area contributed by atoms with Crippen LogP contribution in [0.1, 0.15) is 13.8 Å². The van der Waals surface area contributed by atoms with Crippen molar-refractivity contribution < 1.29 is 8.42 Å². The second kappa shape index (κ2) is 7.44. The molecule has 5 nitrogen and oxygen atoms in total.